The van der Waals surface area contributed by atoms with Crippen molar-refractivity contribution in [2.24, 2.45) is 18.9 Å². The molecule has 0 amide bonds. The van der Waals surface area contributed by atoms with E-state index in [1.54, 1.807) is 4.68 Å². The van der Waals surface area contributed by atoms with Crippen molar-refractivity contribution in [3.05, 3.63) is 18.0 Å². The molecule has 3 saturated carbocycles. The molecule has 0 unspecified atom stereocenters. The molecule has 2 bridgehead atoms. The molecule has 0 radical (unpaired) electrons. The van der Waals surface area contributed by atoms with Crippen molar-refractivity contribution < 1.29 is 9.90 Å². The Hall–Kier alpha value is -1.32. The first kappa shape index (κ1) is 8.95. The van der Waals surface area contributed by atoms with Crippen LogP contribution < -0.4 is 0 Å². The van der Waals surface area contributed by atoms with E-state index in [2.05, 4.69) is 5.10 Å². The highest BCUT2D eigenvalue weighted by Gasteiger charge is 2.64. The predicted octanol–water partition coefficient (Wildman–Crippen LogP) is 1.17. The van der Waals surface area contributed by atoms with E-state index >= 15 is 0 Å². The van der Waals surface area contributed by atoms with Crippen LogP contribution in [0.15, 0.2) is 12.3 Å². The molecule has 3 fully saturated rings. The van der Waals surface area contributed by atoms with Crippen LogP contribution in [0, 0.1) is 11.8 Å². The second kappa shape index (κ2) is 2.62. The van der Waals surface area contributed by atoms with Crippen LogP contribution in [-0.4, -0.2) is 20.9 Å². The number of aliphatic carboxylic acids is 1. The van der Waals surface area contributed by atoms with Gasteiger partial charge in [0.25, 0.3) is 0 Å². The number of rotatable bonds is 2. The Morgan fingerprint density at radius 1 is 1.73 bits per heavy atom. The van der Waals surface area contributed by atoms with Gasteiger partial charge in [-0.2, -0.15) is 5.10 Å². The lowest BCUT2D eigenvalue weighted by Gasteiger charge is -2.43. The second-order valence-electron chi connectivity index (χ2n) is 4.85. The van der Waals surface area contributed by atoms with Crippen molar-refractivity contribution in [1.82, 2.24) is 9.78 Å². The van der Waals surface area contributed by atoms with Crippen LogP contribution in [0.5, 0.6) is 0 Å². The monoisotopic (exact) mass is 206 g/mol. The quantitative estimate of drug-likeness (QED) is 0.790. The maximum atomic E-state index is 11.2. The zero-order valence-corrected chi connectivity index (χ0v) is 8.68. The summed E-state index contributed by atoms with van der Waals surface area (Å²) in [5.41, 5.74) is 0.837. The number of fused-ring (bicyclic) bond motifs is 1. The maximum absolute atomic E-state index is 11.2. The van der Waals surface area contributed by atoms with E-state index in [-0.39, 0.29) is 11.3 Å². The molecule has 1 heterocycles. The summed E-state index contributed by atoms with van der Waals surface area (Å²) >= 11 is 0. The molecule has 3 atom stereocenters. The number of carboxylic acids is 1. The van der Waals surface area contributed by atoms with Gasteiger partial charge in [-0.1, -0.05) is 0 Å². The minimum Gasteiger partial charge on any atom is -0.481 e. The van der Waals surface area contributed by atoms with Gasteiger partial charge in [-0.3, -0.25) is 9.48 Å². The summed E-state index contributed by atoms with van der Waals surface area (Å²) in [6.45, 7) is 0. The normalized spacial score (nSPS) is 37.7. The number of carboxylic acid groups (broad SMARTS) is 1. The number of aromatic nitrogens is 2. The van der Waals surface area contributed by atoms with E-state index in [0.29, 0.717) is 5.92 Å². The lowest BCUT2D eigenvalue weighted by Crippen LogP contribution is -2.48. The SMILES string of the molecule is Cn1ccc([C@]23CC[C@H](C2)[C@@H]3C(=O)O)n1. The molecule has 0 saturated heterocycles. The Morgan fingerprint density at radius 3 is 3.07 bits per heavy atom. The number of hydrogen-bond donors (Lipinski definition) is 1. The average Bonchev–Trinajstić information content (AvgIpc) is 2.73. The van der Waals surface area contributed by atoms with Gasteiger partial charge >= 0.3 is 5.97 Å². The summed E-state index contributed by atoms with van der Waals surface area (Å²) in [6, 6.07) is 1.97. The Balaban J connectivity index is 2.01. The first-order chi connectivity index (χ1) is 7.13. The Kier molecular flexibility index (Phi) is 1.56. The Morgan fingerprint density at radius 2 is 2.53 bits per heavy atom. The lowest BCUT2D eigenvalue weighted by molar-refractivity contribution is -0.150. The minimum absolute atomic E-state index is 0.141. The third kappa shape index (κ3) is 0.967. The highest BCUT2D eigenvalue weighted by atomic mass is 16.4. The van der Waals surface area contributed by atoms with E-state index in [9.17, 15) is 9.90 Å². The van der Waals surface area contributed by atoms with Gasteiger partial charge in [0.15, 0.2) is 0 Å². The van der Waals surface area contributed by atoms with Crippen LogP contribution >= 0.6 is 0 Å². The van der Waals surface area contributed by atoms with E-state index in [4.69, 9.17) is 0 Å². The van der Waals surface area contributed by atoms with Crippen molar-refractivity contribution >= 4 is 5.97 Å². The molecule has 0 aliphatic heterocycles. The fourth-order valence-corrected chi connectivity index (χ4v) is 3.48. The lowest BCUT2D eigenvalue weighted by atomic mass is 9.58. The van der Waals surface area contributed by atoms with Crippen LogP contribution in [0.4, 0.5) is 0 Å². The fourth-order valence-electron chi connectivity index (χ4n) is 3.48. The molecule has 4 rings (SSSR count). The fraction of sp³-hybridized carbons (Fsp3) is 0.636. The summed E-state index contributed by atoms with van der Waals surface area (Å²) < 4.78 is 1.76. The van der Waals surface area contributed by atoms with Crippen molar-refractivity contribution in [3.8, 4) is 0 Å². The summed E-state index contributed by atoms with van der Waals surface area (Å²) in [5, 5.41) is 13.6. The van der Waals surface area contributed by atoms with Crippen molar-refractivity contribution in [3.63, 3.8) is 0 Å². The summed E-state index contributed by atoms with van der Waals surface area (Å²) in [7, 11) is 1.88. The first-order valence-electron chi connectivity index (χ1n) is 5.36. The van der Waals surface area contributed by atoms with Crippen LogP contribution in [-0.2, 0) is 17.3 Å². The van der Waals surface area contributed by atoms with Crippen LogP contribution in [0.25, 0.3) is 0 Å². The molecule has 0 spiro atoms. The summed E-state index contributed by atoms with van der Waals surface area (Å²) in [5.74, 6) is -0.439. The summed E-state index contributed by atoms with van der Waals surface area (Å²) in [6.07, 6.45) is 4.95. The molecule has 1 aromatic heterocycles. The molecule has 15 heavy (non-hydrogen) atoms. The molecule has 80 valence electrons. The number of carbonyl (C=O) groups is 1. The molecular formula is C11H14N2O2. The van der Waals surface area contributed by atoms with E-state index in [0.717, 1.165) is 25.0 Å². The van der Waals surface area contributed by atoms with Gasteiger partial charge in [0.1, 0.15) is 0 Å². The van der Waals surface area contributed by atoms with Gasteiger partial charge in [0.05, 0.1) is 11.6 Å². The van der Waals surface area contributed by atoms with Crippen molar-refractivity contribution in [2.75, 3.05) is 0 Å². The predicted molar refractivity (Wildman–Crippen MR) is 53.4 cm³/mol. The molecule has 4 heteroatoms. The van der Waals surface area contributed by atoms with E-state index in [1.807, 2.05) is 19.3 Å². The van der Waals surface area contributed by atoms with Gasteiger partial charge in [-0.05, 0) is 31.2 Å². The zero-order valence-electron chi connectivity index (χ0n) is 8.68. The second-order valence-corrected chi connectivity index (χ2v) is 4.85. The molecular weight excluding hydrogens is 192 g/mol. The molecule has 0 aromatic carbocycles. The van der Waals surface area contributed by atoms with E-state index in [1.165, 1.54) is 0 Å². The van der Waals surface area contributed by atoms with Gasteiger partial charge in [-0.15, -0.1) is 0 Å². The minimum atomic E-state index is -0.644. The molecule has 3 aliphatic rings. The number of nitrogens with zero attached hydrogens (tertiary/aromatic N) is 2. The average molecular weight is 206 g/mol. The van der Waals surface area contributed by atoms with Crippen LogP contribution in [0.1, 0.15) is 25.0 Å². The van der Waals surface area contributed by atoms with Crippen molar-refractivity contribution in [1.29, 1.82) is 0 Å². The highest BCUT2D eigenvalue weighted by Crippen LogP contribution is 2.63. The largest absolute Gasteiger partial charge is 0.481 e. The highest BCUT2D eigenvalue weighted by molar-refractivity contribution is 5.75. The standard InChI is InChI=1S/C11H14N2O2/c1-13-5-3-8(12-13)11-4-2-7(6-11)9(11)10(14)15/h3,5,7,9H,2,4,6H2,1H3,(H,14,15)/t7-,9-,11+/m1/s1. The Labute approximate surface area is 87.9 Å². The molecule has 1 N–H and O–H groups in total. The first-order valence-corrected chi connectivity index (χ1v) is 5.36. The summed E-state index contributed by atoms with van der Waals surface area (Å²) in [4.78, 5) is 11.2. The topological polar surface area (TPSA) is 55.1 Å². The molecule has 4 nitrogen and oxygen atoms in total. The third-order valence-electron chi connectivity index (χ3n) is 4.14. The smallest absolute Gasteiger partial charge is 0.307 e. The number of aryl methyl sites for hydroxylation is 1. The number of hydrogen-bond acceptors (Lipinski definition) is 2. The van der Waals surface area contributed by atoms with E-state index < -0.39 is 5.97 Å². The Bertz CT molecular complexity index is 422. The van der Waals surface area contributed by atoms with Gasteiger partial charge in [0.2, 0.25) is 0 Å². The van der Waals surface area contributed by atoms with Gasteiger partial charge < -0.3 is 5.11 Å². The van der Waals surface area contributed by atoms with Crippen LogP contribution in [0.2, 0.25) is 0 Å². The van der Waals surface area contributed by atoms with Crippen LogP contribution in [0.3, 0.4) is 0 Å². The maximum Gasteiger partial charge on any atom is 0.307 e. The van der Waals surface area contributed by atoms with Gasteiger partial charge in [0, 0.05) is 18.7 Å². The molecule has 3 aliphatic carbocycles. The third-order valence-corrected chi connectivity index (χ3v) is 4.14. The van der Waals surface area contributed by atoms with Gasteiger partial charge in [-0.25, -0.2) is 0 Å². The zero-order chi connectivity index (χ0) is 10.6. The molecule has 1 aromatic rings. The van der Waals surface area contributed by atoms with Crippen molar-refractivity contribution in [2.45, 2.75) is 24.7 Å².